The van der Waals surface area contributed by atoms with Gasteiger partial charge in [-0.2, -0.15) is 16.8 Å². The molecule has 1 saturated heterocycles. The highest BCUT2D eigenvalue weighted by Crippen LogP contribution is 2.46. The molecule has 16 nitrogen and oxygen atoms in total. The van der Waals surface area contributed by atoms with E-state index in [9.17, 15) is 60.1 Å². The van der Waals surface area contributed by atoms with E-state index in [0.29, 0.717) is 11.1 Å². The van der Waals surface area contributed by atoms with Crippen LogP contribution in [0.5, 0.6) is 5.75 Å². The first kappa shape index (κ1) is 30.3. The highest BCUT2D eigenvalue weighted by atomic mass is 32.2. The molecule has 0 aromatic heterocycles. The molecule has 18 heteroatoms. The second kappa shape index (κ2) is 10.5. The summed E-state index contributed by atoms with van der Waals surface area (Å²) in [4.78, 5) is 63.3. The van der Waals surface area contributed by atoms with Crippen molar-refractivity contribution in [1.29, 1.82) is 0 Å². The van der Waals surface area contributed by atoms with Gasteiger partial charge in [-0.3, -0.25) is 23.5 Å². The summed E-state index contributed by atoms with van der Waals surface area (Å²) in [7, 11) is -10.7. The zero-order valence-electron chi connectivity index (χ0n) is 21.7. The van der Waals surface area contributed by atoms with Gasteiger partial charge in [0.05, 0.1) is 12.0 Å². The molecule has 0 spiro atoms. The van der Waals surface area contributed by atoms with Gasteiger partial charge >= 0.3 is 32.2 Å². The first-order chi connectivity index (χ1) is 20.5. The molecule has 2 amide bonds. The normalized spacial score (nSPS) is 14.0. The molecule has 0 atom stereocenters. The molecule has 1 aliphatic carbocycles. The van der Waals surface area contributed by atoms with E-state index in [4.69, 9.17) is 9.25 Å². The minimum atomic E-state index is -5.38. The van der Waals surface area contributed by atoms with Crippen LogP contribution < -0.4 is 5.43 Å². The van der Waals surface area contributed by atoms with Crippen molar-refractivity contribution in [3.8, 4) is 28.2 Å². The number of carboxylic acids is 1. The number of amides is 2. The number of hydrogen-bond donors (Lipinski definition) is 4. The van der Waals surface area contributed by atoms with Crippen LogP contribution in [0.4, 0.5) is 0 Å². The summed E-state index contributed by atoms with van der Waals surface area (Å²) in [6, 6.07) is 6.91. The Morgan fingerprint density at radius 1 is 0.864 bits per heavy atom. The van der Waals surface area contributed by atoms with Gasteiger partial charge < -0.3 is 19.5 Å². The van der Waals surface area contributed by atoms with E-state index in [1.54, 1.807) is 0 Å². The smallest absolute Gasteiger partial charge is 0.337 e. The van der Waals surface area contributed by atoms with Crippen molar-refractivity contribution < 1.29 is 64.6 Å². The number of hydroxylamine groups is 2. The second-order valence-corrected chi connectivity index (χ2v) is 12.1. The lowest BCUT2D eigenvalue weighted by Gasteiger charge is -2.20. The number of aromatic carboxylic acids is 1. The number of nitrogens with zero attached hydrogens (tertiary/aromatic N) is 1. The molecule has 0 saturated carbocycles. The van der Waals surface area contributed by atoms with Crippen molar-refractivity contribution in [2.45, 2.75) is 29.1 Å². The number of rotatable bonds is 7. The van der Waals surface area contributed by atoms with Gasteiger partial charge in [0.1, 0.15) is 5.75 Å². The van der Waals surface area contributed by atoms with Gasteiger partial charge in [-0.05, 0) is 47.5 Å². The summed E-state index contributed by atoms with van der Waals surface area (Å²) in [6.45, 7) is 0. The predicted octanol–water partition coefficient (Wildman–Crippen LogP) is 1.61. The maximum Gasteiger partial charge on any atom is 0.337 e. The van der Waals surface area contributed by atoms with Crippen LogP contribution in [-0.4, -0.2) is 65.0 Å². The zero-order chi connectivity index (χ0) is 32.3. The molecule has 0 radical (unpaired) electrons. The summed E-state index contributed by atoms with van der Waals surface area (Å²) in [5.41, 5.74) is -3.65. The van der Waals surface area contributed by atoms with Crippen LogP contribution in [-0.2, 0) is 45.9 Å². The molecular weight excluding hydrogens is 630 g/mol. The fourth-order valence-electron chi connectivity index (χ4n) is 4.78. The maximum absolute atomic E-state index is 12.6. The maximum atomic E-state index is 12.6. The molecule has 3 aliphatic rings. The van der Waals surface area contributed by atoms with Crippen LogP contribution in [0.1, 0.15) is 28.8 Å². The van der Waals surface area contributed by atoms with E-state index < -0.39 is 88.3 Å². The van der Waals surface area contributed by atoms with Crippen molar-refractivity contribution in [1.82, 2.24) is 5.06 Å². The Labute approximate surface area is 245 Å². The number of carbonyl (C=O) groups excluding carboxylic acids is 3. The molecular formula is C26H17NO15S2. The predicted molar refractivity (Wildman–Crippen MR) is 144 cm³/mol. The number of imide groups is 1. The lowest BCUT2D eigenvalue weighted by atomic mass is 9.89. The Morgan fingerprint density at radius 3 is 2.09 bits per heavy atom. The molecule has 2 aliphatic heterocycles. The van der Waals surface area contributed by atoms with Crippen LogP contribution in [0.3, 0.4) is 0 Å². The van der Waals surface area contributed by atoms with Crippen molar-refractivity contribution in [3.63, 3.8) is 0 Å². The fraction of sp³-hybridized carbons (Fsp3) is 0.115. The third-order valence-corrected chi connectivity index (χ3v) is 8.37. The standard InChI is InChI=1S/C26H17NO15S2/c28-16-5-3-13-21(14-4-6-17(29)25(44(38,39)40)23(14)41-22(13)24(16)43(35,36)37)15-9-11(1-2-12(15)26(33)34)10-20(32)42-27-18(30)7-8-19(27)31/h1-6,9,28H,7-8,10H2,(H,33,34)(H,35,36,37)(H,38,39,40). The minimum absolute atomic E-state index is 0.0282. The van der Waals surface area contributed by atoms with Crippen LogP contribution in [0.25, 0.3) is 33.4 Å². The zero-order valence-corrected chi connectivity index (χ0v) is 23.3. The molecule has 228 valence electrons. The summed E-state index contributed by atoms with van der Waals surface area (Å²) < 4.78 is 74.1. The lowest BCUT2D eigenvalue weighted by Crippen LogP contribution is -2.32. The van der Waals surface area contributed by atoms with Crippen LogP contribution in [0.15, 0.2) is 61.5 Å². The number of phenols is 1. The monoisotopic (exact) mass is 647 g/mol. The van der Waals surface area contributed by atoms with Crippen LogP contribution in [0, 0.1) is 0 Å². The van der Waals surface area contributed by atoms with E-state index in [1.807, 2.05) is 0 Å². The third-order valence-electron chi connectivity index (χ3n) is 6.56. The van der Waals surface area contributed by atoms with Gasteiger partial charge in [0.25, 0.3) is 11.8 Å². The topological polar surface area (TPSA) is 260 Å². The first-order valence-corrected chi connectivity index (χ1v) is 15.0. The Kier molecular flexibility index (Phi) is 7.25. The summed E-state index contributed by atoms with van der Waals surface area (Å²) in [5, 5.41) is 20.2. The molecule has 4 N–H and O–H groups in total. The Balaban J connectivity index is 1.84. The number of aromatic hydroxyl groups is 1. The number of carbonyl (C=O) groups is 4. The van der Waals surface area contributed by atoms with Crippen molar-refractivity contribution in [2.24, 2.45) is 0 Å². The number of fused-ring (bicyclic) bond motifs is 2. The Morgan fingerprint density at radius 2 is 1.50 bits per heavy atom. The fourth-order valence-corrected chi connectivity index (χ4v) is 6.20. The Hall–Kier alpha value is -5.17. The Bertz CT molecular complexity index is 2180. The SMILES string of the molecule is O=C(Cc1ccc(C(=O)O)c(-c2c3ccc(=O)c(S(=O)(=O)O)c-3oc3c(S(=O)(=O)O)c(O)ccc23)c1)ON1C(=O)CCC1=O. The first-order valence-electron chi connectivity index (χ1n) is 12.1. The highest BCUT2D eigenvalue weighted by Gasteiger charge is 2.34. The molecule has 44 heavy (non-hydrogen) atoms. The second-order valence-electron chi connectivity index (χ2n) is 9.39. The quantitative estimate of drug-likeness (QED) is 0.126. The lowest BCUT2D eigenvalue weighted by molar-refractivity contribution is -0.197. The van der Waals surface area contributed by atoms with E-state index >= 15 is 0 Å². The van der Waals surface area contributed by atoms with Crippen molar-refractivity contribution in [2.75, 3.05) is 0 Å². The van der Waals surface area contributed by atoms with Crippen LogP contribution >= 0.6 is 0 Å². The van der Waals surface area contributed by atoms with Gasteiger partial charge in [0.15, 0.2) is 21.1 Å². The third kappa shape index (κ3) is 5.26. The van der Waals surface area contributed by atoms with Crippen molar-refractivity contribution >= 4 is 55.0 Å². The summed E-state index contributed by atoms with van der Waals surface area (Å²) in [5.74, 6) is -6.17. The molecule has 2 heterocycles. The van der Waals surface area contributed by atoms with Gasteiger partial charge in [0, 0.05) is 29.4 Å². The number of hydrogen-bond acceptors (Lipinski definition) is 12. The van der Waals surface area contributed by atoms with Gasteiger partial charge in [-0.25, -0.2) is 9.59 Å². The number of phenolic OH excluding ortho intramolecular Hbond substituents is 1. The highest BCUT2D eigenvalue weighted by molar-refractivity contribution is 7.86. The molecule has 1 fully saturated rings. The van der Waals surface area contributed by atoms with E-state index in [1.165, 1.54) is 6.07 Å². The number of carboxylic acid groups (broad SMARTS) is 1. The molecule has 5 rings (SSSR count). The van der Waals surface area contributed by atoms with E-state index in [-0.39, 0.29) is 40.5 Å². The minimum Gasteiger partial charge on any atom is -0.506 e. The van der Waals surface area contributed by atoms with E-state index in [2.05, 4.69) is 0 Å². The van der Waals surface area contributed by atoms with Crippen LogP contribution in [0.2, 0.25) is 0 Å². The molecule has 0 bridgehead atoms. The van der Waals surface area contributed by atoms with Gasteiger partial charge in [0.2, 0.25) is 5.43 Å². The average Bonchev–Trinajstić information content (AvgIpc) is 3.21. The number of benzene rings is 3. The molecule has 0 unspecified atom stereocenters. The summed E-state index contributed by atoms with van der Waals surface area (Å²) >= 11 is 0. The van der Waals surface area contributed by atoms with E-state index in [0.717, 1.165) is 30.3 Å². The van der Waals surface area contributed by atoms with Gasteiger partial charge in [-0.15, -0.1) is 5.06 Å². The molecule has 2 aromatic carbocycles. The average molecular weight is 648 g/mol. The summed E-state index contributed by atoms with van der Waals surface area (Å²) in [6.07, 6.45) is -0.962. The van der Waals surface area contributed by atoms with Crippen molar-refractivity contribution in [3.05, 3.63) is 63.8 Å². The van der Waals surface area contributed by atoms with Gasteiger partial charge in [-0.1, -0.05) is 6.07 Å². The largest absolute Gasteiger partial charge is 0.506 e. The molecule has 2 aromatic rings.